The average Bonchev–Trinajstić information content (AvgIpc) is 2.15. The van der Waals surface area contributed by atoms with Gasteiger partial charge in [0.15, 0.2) is 5.78 Å². The Morgan fingerprint density at radius 1 is 1.50 bits per heavy atom. The lowest BCUT2D eigenvalue weighted by molar-refractivity contribution is -0.386. The number of hydrogen-bond acceptors (Lipinski definition) is 3. The Bertz CT molecular complexity index is 462. The molecule has 1 aromatic carbocycles. The first-order valence-corrected chi connectivity index (χ1v) is 4.50. The van der Waals surface area contributed by atoms with E-state index >= 15 is 0 Å². The molecule has 16 heavy (non-hydrogen) atoms. The van der Waals surface area contributed by atoms with Crippen molar-refractivity contribution in [1.82, 2.24) is 0 Å². The van der Waals surface area contributed by atoms with Crippen LogP contribution in [0.2, 0.25) is 5.02 Å². The molecule has 0 saturated carbocycles. The highest BCUT2D eigenvalue weighted by Crippen LogP contribution is 2.35. The number of carbonyl (C=O) groups is 1. The van der Waals surface area contributed by atoms with Gasteiger partial charge in [0.2, 0.25) is 0 Å². The number of carbonyl (C=O) groups excluding carboxylic acids is 1. The van der Waals surface area contributed by atoms with Crippen molar-refractivity contribution >= 4 is 23.1 Å². The highest BCUT2D eigenvalue weighted by Gasteiger charge is 2.29. The van der Waals surface area contributed by atoms with Gasteiger partial charge in [-0.1, -0.05) is 11.6 Å². The van der Waals surface area contributed by atoms with Crippen LogP contribution in [-0.4, -0.2) is 10.7 Å². The fraction of sp³-hybridized carbons (Fsp3) is 0.222. The van der Waals surface area contributed by atoms with Crippen LogP contribution in [0.25, 0.3) is 0 Å². The Labute approximate surface area is 94.0 Å². The number of halogens is 3. The van der Waals surface area contributed by atoms with Crippen LogP contribution in [0.1, 0.15) is 29.3 Å². The summed E-state index contributed by atoms with van der Waals surface area (Å²) in [6, 6.07) is 1.89. The van der Waals surface area contributed by atoms with Crippen LogP contribution in [0.3, 0.4) is 0 Å². The van der Waals surface area contributed by atoms with Gasteiger partial charge in [-0.05, 0) is 19.1 Å². The Hall–Kier alpha value is -1.56. The quantitative estimate of drug-likeness (QED) is 0.469. The lowest BCUT2D eigenvalue weighted by Gasteiger charge is -2.06. The maximum Gasteiger partial charge on any atom is 0.290 e. The van der Waals surface area contributed by atoms with Gasteiger partial charge in [-0.25, -0.2) is 8.78 Å². The van der Waals surface area contributed by atoms with Crippen molar-refractivity contribution in [3.8, 4) is 0 Å². The zero-order valence-electron chi connectivity index (χ0n) is 8.04. The topological polar surface area (TPSA) is 60.2 Å². The number of nitro benzene ring substituents is 1. The van der Waals surface area contributed by atoms with Gasteiger partial charge in [-0.3, -0.25) is 14.9 Å². The minimum atomic E-state index is -3.03. The molecule has 0 atom stereocenters. The summed E-state index contributed by atoms with van der Waals surface area (Å²) in [4.78, 5) is 20.8. The second-order valence-corrected chi connectivity index (χ2v) is 3.38. The fourth-order valence-electron chi connectivity index (χ4n) is 1.29. The zero-order valence-corrected chi connectivity index (χ0v) is 8.79. The van der Waals surface area contributed by atoms with Crippen LogP contribution >= 0.6 is 11.6 Å². The summed E-state index contributed by atoms with van der Waals surface area (Å²) >= 11 is 5.57. The first-order chi connectivity index (χ1) is 7.36. The summed E-state index contributed by atoms with van der Waals surface area (Å²) < 4.78 is 25.0. The molecule has 1 rings (SSSR count). The number of nitrogens with zero attached hydrogens (tertiary/aromatic N) is 1. The zero-order chi connectivity index (χ0) is 12.5. The number of alkyl halides is 2. The molecule has 0 heterocycles. The second-order valence-electron chi connectivity index (χ2n) is 2.97. The normalized spacial score (nSPS) is 10.6. The van der Waals surface area contributed by atoms with Crippen LogP contribution < -0.4 is 0 Å². The third-order valence-electron chi connectivity index (χ3n) is 1.93. The van der Waals surface area contributed by atoms with E-state index in [-0.39, 0.29) is 5.02 Å². The van der Waals surface area contributed by atoms with Crippen LogP contribution in [0, 0.1) is 10.1 Å². The minimum absolute atomic E-state index is 0.205. The SMILES string of the molecule is CC(=O)c1c(Cl)ccc(C(F)F)c1[N+](=O)[O-]. The number of hydrogen-bond donors (Lipinski definition) is 0. The van der Waals surface area contributed by atoms with E-state index in [1.165, 1.54) is 0 Å². The molecule has 1 aromatic rings. The van der Waals surface area contributed by atoms with Crippen molar-refractivity contribution in [2.75, 3.05) is 0 Å². The van der Waals surface area contributed by atoms with E-state index < -0.39 is 33.9 Å². The molecule has 0 aliphatic carbocycles. The fourth-order valence-corrected chi connectivity index (χ4v) is 1.58. The van der Waals surface area contributed by atoms with Gasteiger partial charge in [0.25, 0.3) is 12.1 Å². The van der Waals surface area contributed by atoms with Crippen LogP contribution in [0.5, 0.6) is 0 Å². The predicted octanol–water partition coefficient (Wildman–Crippen LogP) is 3.39. The summed E-state index contributed by atoms with van der Waals surface area (Å²) in [5, 5.41) is 10.5. The van der Waals surface area contributed by atoms with Gasteiger partial charge in [0.1, 0.15) is 5.56 Å². The smallest absolute Gasteiger partial charge is 0.290 e. The molecule has 0 fully saturated rings. The predicted molar refractivity (Wildman–Crippen MR) is 53.1 cm³/mol. The van der Waals surface area contributed by atoms with E-state index in [1.54, 1.807) is 0 Å². The van der Waals surface area contributed by atoms with Crippen molar-refractivity contribution in [2.45, 2.75) is 13.3 Å². The third-order valence-corrected chi connectivity index (χ3v) is 2.24. The molecule has 0 aliphatic heterocycles. The third kappa shape index (κ3) is 2.16. The second kappa shape index (κ2) is 4.52. The molecular weight excluding hydrogens is 244 g/mol. The Kier molecular flexibility index (Phi) is 3.54. The Balaban J connectivity index is 3.63. The van der Waals surface area contributed by atoms with Gasteiger partial charge in [0, 0.05) is 0 Å². The maximum atomic E-state index is 12.5. The first-order valence-electron chi connectivity index (χ1n) is 4.12. The van der Waals surface area contributed by atoms with E-state index in [0.717, 1.165) is 19.1 Å². The summed E-state index contributed by atoms with van der Waals surface area (Å²) in [5.74, 6) is -0.723. The number of Topliss-reactive ketones (excluding diaryl/α,β-unsaturated/α-hetero) is 1. The standard InChI is InChI=1S/C9H6ClF2NO3/c1-4(14)7-6(10)3-2-5(9(11)12)8(7)13(15)16/h2-3,9H,1H3. The summed E-state index contributed by atoms with van der Waals surface area (Å²) in [5.41, 5.74) is -2.21. The number of ketones is 1. The van der Waals surface area contributed by atoms with E-state index in [4.69, 9.17) is 11.6 Å². The summed E-state index contributed by atoms with van der Waals surface area (Å²) in [6.45, 7) is 1.03. The van der Waals surface area contributed by atoms with Crippen LogP contribution in [0.15, 0.2) is 12.1 Å². The average molecular weight is 250 g/mol. The molecule has 0 aliphatic rings. The highest BCUT2D eigenvalue weighted by atomic mass is 35.5. The monoisotopic (exact) mass is 249 g/mol. The molecule has 7 heteroatoms. The van der Waals surface area contributed by atoms with E-state index in [2.05, 4.69) is 0 Å². The van der Waals surface area contributed by atoms with Gasteiger partial charge in [-0.15, -0.1) is 0 Å². The molecule has 0 amide bonds. The lowest BCUT2D eigenvalue weighted by Crippen LogP contribution is -2.05. The van der Waals surface area contributed by atoms with E-state index in [0.29, 0.717) is 0 Å². The summed E-state index contributed by atoms with van der Waals surface area (Å²) in [7, 11) is 0. The highest BCUT2D eigenvalue weighted by molar-refractivity contribution is 6.34. The molecule has 0 spiro atoms. The van der Waals surface area contributed by atoms with Crippen LogP contribution in [0.4, 0.5) is 14.5 Å². The lowest BCUT2D eigenvalue weighted by atomic mass is 10.0. The van der Waals surface area contributed by atoms with Gasteiger partial charge >= 0.3 is 0 Å². The van der Waals surface area contributed by atoms with Crippen molar-refractivity contribution in [1.29, 1.82) is 0 Å². The van der Waals surface area contributed by atoms with E-state index in [9.17, 15) is 23.7 Å². The maximum absolute atomic E-state index is 12.5. The molecule has 4 nitrogen and oxygen atoms in total. The minimum Gasteiger partial charge on any atom is -0.294 e. The van der Waals surface area contributed by atoms with Crippen molar-refractivity contribution in [3.63, 3.8) is 0 Å². The Morgan fingerprint density at radius 3 is 2.44 bits per heavy atom. The van der Waals surface area contributed by atoms with Gasteiger partial charge in [-0.2, -0.15) is 0 Å². The summed E-state index contributed by atoms with van der Waals surface area (Å²) in [6.07, 6.45) is -3.03. The molecule has 0 aromatic heterocycles. The molecule has 0 unspecified atom stereocenters. The van der Waals surface area contributed by atoms with Crippen molar-refractivity contribution in [3.05, 3.63) is 38.4 Å². The van der Waals surface area contributed by atoms with Crippen LogP contribution in [-0.2, 0) is 0 Å². The first kappa shape index (κ1) is 12.5. The number of rotatable bonds is 3. The van der Waals surface area contributed by atoms with Gasteiger partial charge < -0.3 is 0 Å². The molecule has 0 bridgehead atoms. The molecule has 86 valence electrons. The number of nitro groups is 1. The molecular formula is C9H6ClF2NO3. The van der Waals surface area contributed by atoms with Crippen molar-refractivity contribution in [2.24, 2.45) is 0 Å². The van der Waals surface area contributed by atoms with Crippen molar-refractivity contribution < 1.29 is 18.5 Å². The molecule has 0 N–H and O–H groups in total. The Morgan fingerprint density at radius 2 is 2.06 bits per heavy atom. The molecule has 0 saturated heterocycles. The van der Waals surface area contributed by atoms with E-state index in [1.807, 2.05) is 0 Å². The largest absolute Gasteiger partial charge is 0.294 e. The molecule has 0 radical (unpaired) electrons. The number of benzene rings is 1. The van der Waals surface area contributed by atoms with Gasteiger partial charge in [0.05, 0.1) is 15.5 Å².